The van der Waals surface area contributed by atoms with Crippen LogP contribution in [0.2, 0.25) is 0 Å². The van der Waals surface area contributed by atoms with Crippen molar-refractivity contribution in [1.82, 2.24) is 4.98 Å². The highest BCUT2D eigenvalue weighted by Crippen LogP contribution is 2.24. The van der Waals surface area contributed by atoms with E-state index in [0.29, 0.717) is 22.7 Å². The quantitative estimate of drug-likeness (QED) is 0.649. The maximum absolute atomic E-state index is 12.2. The molecule has 1 N–H and O–H groups in total. The Bertz CT molecular complexity index is 929. The second-order valence-electron chi connectivity index (χ2n) is 5.73. The average molecular weight is 388 g/mol. The molecule has 2 aromatic carbocycles. The number of amides is 1. The Morgan fingerprint density at radius 3 is 2.32 bits per heavy atom. The zero-order valence-corrected chi connectivity index (χ0v) is 14.4. The minimum Gasteiger partial charge on any atom is -0.457 e. The number of benzene rings is 2. The topological polar surface area (TPSA) is 60.5 Å². The number of carbonyl (C=O) groups excluding carboxylic acids is 1. The molecule has 3 aromatic rings. The zero-order valence-electron chi connectivity index (χ0n) is 14.4. The van der Waals surface area contributed by atoms with E-state index in [1.165, 1.54) is 24.3 Å². The van der Waals surface area contributed by atoms with Crippen LogP contribution in [-0.2, 0) is 11.2 Å². The van der Waals surface area contributed by atoms with E-state index in [9.17, 15) is 18.0 Å². The first kappa shape index (κ1) is 19.2. The van der Waals surface area contributed by atoms with E-state index in [1.807, 2.05) is 0 Å². The van der Waals surface area contributed by atoms with Gasteiger partial charge in [-0.2, -0.15) is 0 Å². The fourth-order valence-corrected chi connectivity index (χ4v) is 2.38. The lowest BCUT2D eigenvalue weighted by molar-refractivity contribution is -0.274. The van der Waals surface area contributed by atoms with Crippen molar-refractivity contribution in [3.05, 3.63) is 78.6 Å². The number of aromatic nitrogens is 1. The van der Waals surface area contributed by atoms with Crippen molar-refractivity contribution in [1.29, 1.82) is 0 Å². The van der Waals surface area contributed by atoms with Gasteiger partial charge in [-0.1, -0.05) is 18.2 Å². The smallest absolute Gasteiger partial charge is 0.457 e. The fourth-order valence-electron chi connectivity index (χ4n) is 2.38. The molecule has 1 heterocycles. The van der Waals surface area contributed by atoms with Crippen LogP contribution in [-0.4, -0.2) is 17.3 Å². The van der Waals surface area contributed by atoms with Crippen LogP contribution in [0, 0.1) is 0 Å². The van der Waals surface area contributed by atoms with Crippen LogP contribution in [0.5, 0.6) is 17.2 Å². The van der Waals surface area contributed by atoms with Gasteiger partial charge in [0.25, 0.3) is 0 Å². The highest BCUT2D eigenvalue weighted by molar-refractivity contribution is 5.92. The number of hydrogen-bond donors (Lipinski definition) is 1. The minimum atomic E-state index is -4.75. The second-order valence-corrected chi connectivity index (χ2v) is 5.73. The molecule has 0 aliphatic heterocycles. The standard InChI is InChI=1S/C20H15F3N2O3/c21-20(22,23)28-17-6-4-14(5-7-17)12-19(26)25-15-2-1-3-18(13-15)27-16-8-10-24-11-9-16/h1-11,13H,12H2,(H,25,26). The molecule has 0 atom stereocenters. The molecule has 0 saturated carbocycles. The fraction of sp³-hybridized carbons (Fsp3) is 0.100. The molecule has 0 radical (unpaired) electrons. The van der Waals surface area contributed by atoms with E-state index in [4.69, 9.17) is 4.74 Å². The van der Waals surface area contributed by atoms with Gasteiger partial charge >= 0.3 is 6.36 Å². The van der Waals surface area contributed by atoms with Gasteiger partial charge in [0.1, 0.15) is 17.2 Å². The maximum Gasteiger partial charge on any atom is 0.573 e. The van der Waals surface area contributed by atoms with Crippen LogP contribution in [0.15, 0.2) is 73.1 Å². The predicted octanol–water partition coefficient (Wildman–Crippen LogP) is 4.95. The van der Waals surface area contributed by atoms with Crippen molar-refractivity contribution in [2.45, 2.75) is 12.8 Å². The van der Waals surface area contributed by atoms with E-state index in [1.54, 1.807) is 48.8 Å². The number of rotatable bonds is 6. The molecule has 28 heavy (non-hydrogen) atoms. The van der Waals surface area contributed by atoms with Gasteiger partial charge in [0.2, 0.25) is 5.91 Å². The summed E-state index contributed by atoms with van der Waals surface area (Å²) in [5.41, 5.74) is 1.09. The van der Waals surface area contributed by atoms with Crippen LogP contribution in [0.3, 0.4) is 0 Å². The molecular weight excluding hydrogens is 373 g/mol. The van der Waals surface area contributed by atoms with Gasteiger partial charge in [0.15, 0.2) is 0 Å². The molecule has 0 saturated heterocycles. The lowest BCUT2D eigenvalue weighted by Crippen LogP contribution is -2.17. The largest absolute Gasteiger partial charge is 0.573 e. The summed E-state index contributed by atoms with van der Waals surface area (Å²) in [6.45, 7) is 0. The van der Waals surface area contributed by atoms with Crippen LogP contribution >= 0.6 is 0 Å². The monoisotopic (exact) mass is 388 g/mol. The number of carbonyl (C=O) groups is 1. The van der Waals surface area contributed by atoms with Crippen molar-refractivity contribution in [2.75, 3.05) is 5.32 Å². The van der Waals surface area contributed by atoms with Crippen molar-refractivity contribution >= 4 is 11.6 Å². The number of anilines is 1. The molecule has 8 heteroatoms. The van der Waals surface area contributed by atoms with Crippen LogP contribution in [0.25, 0.3) is 0 Å². The first-order chi connectivity index (χ1) is 13.4. The highest BCUT2D eigenvalue weighted by atomic mass is 19.4. The van der Waals surface area contributed by atoms with Gasteiger partial charge in [-0.25, -0.2) is 0 Å². The number of pyridine rings is 1. The van der Waals surface area contributed by atoms with E-state index in [2.05, 4.69) is 15.0 Å². The Balaban J connectivity index is 1.58. The van der Waals surface area contributed by atoms with Gasteiger partial charge in [0.05, 0.1) is 6.42 Å². The SMILES string of the molecule is O=C(Cc1ccc(OC(F)(F)F)cc1)Nc1cccc(Oc2ccncc2)c1. The molecule has 3 rings (SSSR count). The van der Waals surface area contributed by atoms with Gasteiger partial charge in [-0.15, -0.1) is 13.2 Å². The molecule has 5 nitrogen and oxygen atoms in total. The number of hydrogen-bond acceptors (Lipinski definition) is 4. The number of nitrogens with zero attached hydrogens (tertiary/aromatic N) is 1. The molecule has 0 bridgehead atoms. The minimum absolute atomic E-state index is 0.00172. The summed E-state index contributed by atoms with van der Waals surface area (Å²) in [6.07, 6.45) is -1.54. The zero-order chi connectivity index (χ0) is 20.0. The van der Waals surface area contributed by atoms with Gasteiger partial charge < -0.3 is 14.8 Å². The Morgan fingerprint density at radius 2 is 1.64 bits per heavy atom. The molecule has 0 aliphatic carbocycles. The van der Waals surface area contributed by atoms with Gasteiger partial charge in [-0.3, -0.25) is 9.78 Å². The van der Waals surface area contributed by atoms with E-state index in [0.717, 1.165) is 0 Å². The van der Waals surface area contributed by atoms with E-state index in [-0.39, 0.29) is 18.1 Å². The summed E-state index contributed by atoms with van der Waals surface area (Å²) in [5, 5.41) is 2.73. The van der Waals surface area contributed by atoms with E-state index < -0.39 is 6.36 Å². The van der Waals surface area contributed by atoms with E-state index >= 15 is 0 Å². The van der Waals surface area contributed by atoms with Gasteiger partial charge in [-0.05, 0) is 42.0 Å². The van der Waals surface area contributed by atoms with Crippen LogP contribution in [0.4, 0.5) is 18.9 Å². The van der Waals surface area contributed by atoms with Gasteiger partial charge in [0, 0.05) is 24.1 Å². The van der Waals surface area contributed by atoms with Crippen molar-refractivity contribution < 1.29 is 27.4 Å². The summed E-state index contributed by atoms with van der Waals surface area (Å²) >= 11 is 0. The third-order valence-corrected chi connectivity index (χ3v) is 3.52. The Hall–Kier alpha value is -3.55. The maximum atomic E-state index is 12.2. The number of ether oxygens (including phenoxy) is 2. The molecule has 1 amide bonds. The lowest BCUT2D eigenvalue weighted by Gasteiger charge is -2.10. The molecule has 0 spiro atoms. The van der Waals surface area contributed by atoms with Crippen molar-refractivity contribution in [3.8, 4) is 17.2 Å². The first-order valence-electron chi connectivity index (χ1n) is 8.20. The van der Waals surface area contributed by atoms with Crippen molar-refractivity contribution in [2.24, 2.45) is 0 Å². The molecule has 0 fully saturated rings. The molecule has 0 unspecified atom stereocenters. The summed E-state index contributed by atoms with van der Waals surface area (Å²) in [6, 6.07) is 15.4. The number of halogens is 3. The summed E-state index contributed by atoms with van der Waals surface area (Å²) in [4.78, 5) is 16.1. The Morgan fingerprint density at radius 1 is 0.929 bits per heavy atom. The molecule has 1 aromatic heterocycles. The Labute approximate surface area is 158 Å². The number of nitrogens with one attached hydrogen (secondary N) is 1. The normalized spacial score (nSPS) is 11.0. The predicted molar refractivity (Wildman–Crippen MR) is 96.2 cm³/mol. The average Bonchev–Trinajstić information content (AvgIpc) is 2.63. The third kappa shape index (κ3) is 6.01. The lowest BCUT2D eigenvalue weighted by atomic mass is 10.1. The second kappa shape index (κ2) is 8.43. The summed E-state index contributed by atoms with van der Waals surface area (Å²) < 4.78 is 46.0. The number of alkyl halides is 3. The molecular formula is C20H15F3N2O3. The Kier molecular flexibility index (Phi) is 5.78. The third-order valence-electron chi connectivity index (χ3n) is 3.52. The summed E-state index contributed by atoms with van der Waals surface area (Å²) in [5.74, 6) is 0.500. The van der Waals surface area contributed by atoms with Crippen molar-refractivity contribution in [3.63, 3.8) is 0 Å². The highest BCUT2D eigenvalue weighted by Gasteiger charge is 2.30. The molecule has 0 aliphatic rings. The first-order valence-corrected chi connectivity index (χ1v) is 8.20. The molecule has 144 valence electrons. The summed E-state index contributed by atoms with van der Waals surface area (Å²) in [7, 11) is 0. The van der Waals surface area contributed by atoms with Crippen LogP contribution < -0.4 is 14.8 Å². The van der Waals surface area contributed by atoms with Crippen LogP contribution in [0.1, 0.15) is 5.56 Å².